The summed E-state index contributed by atoms with van der Waals surface area (Å²) in [6.45, 7) is 4.35. The molecule has 0 aromatic heterocycles. The molecule has 0 bridgehead atoms. The molecule has 0 radical (unpaired) electrons. The van der Waals surface area contributed by atoms with Crippen molar-refractivity contribution in [2.24, 2.45) is 0 Å². The van der Waals surface area contributed by atoms with Gasteiger partial charge in [-0.1, -0.05) is 32.4 Å². The summed E-state index contributed by atoms with van der Waals surface area (Å²) in [5.41, 5.74) is 1.31. The first-order valence-electron chi connectivity index (χ1n) is 5.99. The van der Waals surface area contributed by atoms with E-state index < -0.39 is 0 Å². The quantitative estimate of drug-likeness (QED) is 0.704. The molecule has 0 saturated heterocycles. The van der Waals surface area contributed by atoms with Crippen molar-refractivity contribution in [1.29, 1.82) is 0 Å². The van der Waals surface area contributed by atoms with Crippen molar-refractivity contribution in [2.45, 2.75) is 39.5 Å². The summed E-state index contributed by atoms with van der Waals surface area (Å²) in [5.74, 6) is 0.949. The molecule has 0 saturated carbocycles. The van der Waals surface area contributed by atoms with Crippen LogP contribution in [0, 0.1) is 0 Å². The minimum atomic E-state index is 0.167. The lowest BCUT2D eigenvalue weighted by Gasteiger charge is -2.05. The summed E-state index contributed by atoms with van der Waals surface area (Å²) >= 11 is 0. The highest BCUT2D eigenvalue weighted by Gasteiger charge is 2.01. The van der Waals surface area contributed by atoms with Gasteiger partial charge in [-0.15, -0.1) is 0 Å². The van der Waals surface area contributed by atoms with Crippen LogP contribution in [-0.2, 0) is 11.2 Å². The highest BCUT2D eigenvalue weighted by atomic mass is 16.5. The van der Waals surface area contributed by atoms with Crippen molar-refractivity contribution in [3.63, 3.8) is 0 Å². The van der Waals surface area contributed by atoms with Crippen LogP contribution in [0.25, 0.3) is 0 Å². The van der Waals surface area contributed by atoms with Gasteiger partial charge in [0.1, 0.15) is 12.4 Å². The molecule has 0 aliphatic rings. The van der Waals surface area contributed by atoms with E-state index in [0.717, 1.165) is 25.0 Å². The van der Waals surface area contributed by atoms with E-state index in [4.69, 9.17) is 4.74 Å². The fourth-order valence-corrected chi connectivity index (χ4v) is 1.56. The van der Waals surface area contributed by atoms with Crippen molar-refractivity contribution in [2.75, 3.05) is 6.61 Å². The van der Waals surface area contributed by atoms with Crippen molar-refractivity contribution >= 4 is 5.78 Å². The number of rotatable bonds is 7. The first-order chi connectivity index (χ1) is 7.76. The average Bonchev–Trinajstić information content (AvgIpc) is 2.29. The topological polar surface area (TPSA) is 26.3 Å². The molecule has 1 rings (SSSR count). The van der Waals surface area contributed by atoms with Crippen LogP contribution in [0.4, 0.5) is 0 Å². The predicted octanol–water partition coefficient (Wildman–Crippen LogP) is 3.39. The predicted molar refractivity (Wildman–Crippen MR) is 65.8 cm³/mol. The van der Waals surface area contributed by atoms with Crippen molar-refractivity contribution in [1.82, 2.24) is 0 Å². The van der Waals surface area contributed by atoms with Gasteiger partial charge in [-0.2, -0.15) is 0 Å². The lowest BCUT2D eigenvalue weighted by atomic mass is 10.1. The molecule has 0 N–H and O–H groups in total. The van der Waals surface area contributed by atoms with E-state index >= 15 is 0 Å². The smallest absolute Gasteiger partial charge is 0.170 e. The maximum absolute atomic E-state index is 11.3. The molecule has 0 aliphatic carbocycles. The number of aryl methyl sites for hydroxylation is 1. The standard InChI is InChI=1S/C14H20O2/c1-3-5-12-7-9-14(10-8-12)16-11-13(15)6-4-2/h7-10H,3-6,11H2,1-2H3. The minimum absolute atomic E-state index is 0.167. The zero-order valence-electron chi connectivity index (χ0n) is 10.2. The summed E-state index contributed by atoms with van der Waals surface area (Å²) < 4.78 is 5.40. The molecule has 0 heterocycles. The largest absolute Gasteiger partial charge is 0.486 e. The molecule has 0 atom stereocenters. The lowest BCUT2D eigenvalue weighted by Crippen LogP contribution is -2.10. The highest BCUT2D eigenvalue weighted by Crippen LogP contribution is 2.13. The Labute approximate surface area is 97.6 Å². The number of carbonyl (C=O) groups excluding carboxylic acids is 1. The minimum Gasteiger partial charge on any atom is -0.486 e. The van der Waals surface area contributed by atoms with E-state index in [-0.39, 0.29) is 12.4 Å². The number of benzene rings is 1. The van der Waals surface area contributed by atoms with Crippen LogP contribution in [0.1, 0.15) is 38.7 Å². The Morgan fingerprint density at radius 1 is 1.12 bits per heavy atom. The second kappa shape index (κ2) is 7.04. The highest BCUT2D eigenvalue weighted by molar-refractivity contribution is 5.79. The Kier molecular flexibility index (Phi) is 5.62. The van der Waals surface area contributed by atoms with Gasteiger partial charge in [0.15, 0.2) is 5.78 Å². The lowest BCUT2D eigenvalue weighted by molar-refractivity contribution is -0.121. The second-order valence-corrected chi connectivity index (χ2v) is 3.97. The zero-order chi connectivity index (χ0) is 11.8. The third kappa shape index (κ3) is 4.47. The molecule has 1 aromatic rings. The van der Waals surface area contributed by atoms with Gasteiger partial charge in [0.2, 0.25) is 0 Å². The Morgan fingerprint density at radius 3 is 2.38 bits per heavy atom. The van der Waals surface area contributed by atoms with Crippen LogP contribution in [-0.4, -0.2) is 12.4 Å². The Hall–Kier alpha value is -1.31. The van der Waals surface area contributed by atoms with Crippen molar-refractivity contribution in [3.8, 4) is 5.75 Å². The zero-order valence-corrected chi connectivity index (χ0v) is 10.2. The van der Waals surface area contributed by atoms with E-state index in [1.807, 2.05) is 19.1 Å². The van der Waals surface area contributed by atoms with Gasteiger partial charge in [0.25, 0.3) is 0 Å². The van der Waals surface area contributed by atoms with Crippen LogP contribution in [0.3, 0.4) is 0 Å². The molecule has 0 unspecified atom stereocenters. The molecule has 0 spiro atoms. The number of Topliss-reactive ketones (excluding diaryl/α,β-unsaturated/α-hetero) is 1. The SMILES string of the molecule is CCCC(=O)COc1ccc(CCC)cc1. The van der Waals surface area contributed by atoms with E-state index in [1.54, 1.807) is 0 Å². The van der Waals surface area contributed by atoms with Crippen LogP contribution in [0.2, 0.25) is 0 Å². The molecular weight excluding hydrogens is 200 g/mol. The monoisotopic (exact) mass is 220 g/mol. The maximum atomic E-state index is 11.3. The fraction of sp³-hybridized carbons (Fsp3) is 0.500. The van der Waals surface area contributed by atoms with E-state index in [0.29, 0.717) is 6.42 Å². The third-order valence-electron chi connectivity index (χ3n) is 2.39. The van der Waals surface area contributed by atoms with E-state index in [9.17, 15) is 4.79 Å². The Balaban J connectivity index is 2.40. The number of hydrogen-bond acceptors (Lipinski definition) is 2. The van der Waals surface area contributed by atoms with Gasteiger partial charge in [0.05, 0.1) is 0 Å². The van der Waals surface area contributed by atoms with Crippen molar-refractivity contribution < 1.29 is 9.53 Å². The molecule has 0 amide bonds. The molecule has 2 heteroatoms. The molecule has 16 heavy (non-hydrogen) atoms. The molecule has 1 aromatic carbocycles. The van der Waals surface area contributed by atoms with Crippen LogP contribution in [0.5, 0.6) is 5.75 Å². The van der Waals surface area contributed by atoms with Gasteiger partial charge in [-0.25, -0.2) is 0 Å². The number of carbonyl (C=O) groups is 1. The Morgan fingerprint density at radius 2 is 1.81 bits per heavy atom. The molecule has 0 fully saturated rings. The summed E-state index contributed by atoms with van der Waals surface area (Å²) in [5, 5.41) is 0. The summed E-state index contributed by atoms with van der Waals surface area (Å²) in [7, 11) is 0. The van der Waals surface area contributed by atoms with E-state index in [1.165, 1.54) is 5.56 Å². The third-order valence-corrected chi connectivity index (χ3v) is 2.39. The first-order valence-corrected chi connectivity index (χ1v) is 5.99. The molecule has 88 valence electrons. The van der Waals surface area contributed by atoms with Crippen LogP contribution in [0.15, 0.2) is 24.3 Å². The summed E-state index contributed by atoms with van der Waals surface area (Å²) in [6.07, 6.45) is 3.73. The average molecular weight is 220 g/mol. The van der Waals surface area contributed by atoms with Gasteiger partial charge < -0.3 is 4.74 Å². The number of ether oxygens (including phenoxy) is 1. The second-order valence-electron chi connectivity index (χ2n) is 3.97. The van der Waals surface area contributed by atoms with Gasteiger partial charge in [0, 0.05) is 6.42 Å². The molecular formula is C14H20O2. The summed E-state index contributed by atoms with van der Waals surface area (Å²) in [4.78, 5) is 11.3. The van der Waals surface area contributed by atoms with Gasteiger partial charge in [-0.05, 0) is 30.5 Å². The molecule has 2 nitrogen and oxygen atoms in total. The maximum Gasteiger partial charge on any atom is 0.170 e. The van der Waals surface area contributed by atoms with Crippen LogP contribution >= 0.6 is 0 Å². The number of hydrogen-bond donors (Lipinski definition) is 0. The fourth-order valence-electron chi connectivity index (χ4n) is 1.56. The van der Waals surface area contributed by atoms with Gasteiger partial charge in [-0.3, -0.25) is 4.79 Å². The first kappa shape index (κ1) is 12.8. The number of ketones is 1. The molecule has 0 aliphatic heterocycles. The van der Waals surface area contributed by atoms with Crippen molar-refractivity contribution in [3.05, 3.63) is 29.8 Å². The van der Waals surface area contributed by atoms with Gasteiger partial charge >= 0.3 is 0 Å². The van der Waals surface area contributed by atoms with E-state index in [2.05, 4.69) is 19.1 Å². The van der Waals surface area contributed by atoms with Crippen LogP contribution < -0.4 is 4.74 Å². The normalized spacial score (nSPS) is 10.1. The Bertz CT molecular complexity index is 314. The summed E-state index contributed by atoms with van der Waals surface area (Å²) in [6, 6.07) is 7.99.